The molecule has 0 unspecified atom stereocenters. The van der Waals surface area contributed by atoms with Crippen LogP contribution < -0.4 is 0 Å². The van der Waals surface area contributed by atoms with Crippen molar-refractivity contribution in [2.45, 2.75) is 45.7 Å². The third-order valence-electron chi connectivity index (χ3n) is 4.13. The van der Waals surface area contributed by atoms with Gasteiger partial charge >= 0.3 is 5.97 Å². The summed E-state index contributed by atoms with van der Waals surface area (Å²) >= 11 is 0. The Morgan fingerprint density at radius 3 is 2.67 bits per heavy atom. The van der Waals surface area contributed by atoms with E-state index in [2.05, 4.69) is 4.98 Å². The zero-order valence-electron chi connectivity index (χ0n) is 12.5. The molecule has 0 bridgehead atoms. The van der Waals surface area contributed by atoms with E-state index in [9.17, 15) is 14.7 Å². The van der Waals surface area contributed by atoms with Crippen molar-refractivity contribution in [2.75, 3.05) is 0 Å². The van der Waals surface area contributed by atoms with E-state index in [1.54, 1.807) is 17.3 Å². The molecular formula is C16H22N2O3. The quantitative estimate of drug-likeness (QED) is 0.903. The monoisotopic (exact) mass is 290 g/mol. The molecule has 114 valence electrons. The van der Waals surface area contributed by atoms with E-state index in [1.165, 1.54) is 0 Å². The van der Waals surface area contributed by atoms with Gasteiger partial charge in [-0.25, -0.2) is 0 Å². The normalized spacial score (nSPS) is 21.5. The smallest absolute Gasteiger partial charge is 0.307 e. The zero-order chi connectivity index (χ0) is 15.4. The Balaban J connectivity index is 2.14. The molecule has 0 spiro atoms. The standard InChI is InChI=1S/C16H22N2O3/c1-11(2)18(10-12-5-4-8-17-9-12)15(19)13-6-3-7-14(13)16(20)21/h4-5,8-9,11,13-14H,3,6-7,10H2,1-2H3,(H,20,21)/t13-,14+/m1/s1. The maximum atomic E-state index is 12.7. The van der Waals surface area contributed by atoms with Gasteiger partial charge in [0.1, 0.15) is 0 Å². The lowest BCUT2D eigenvalue weighted by molar-refractivity contribution is -0.150. The Hall–Kier alpha value is -1.91. The molecule has 1 aliphatic carbocycles. The predicted octanol–water partition coefficient (Wildman–Crippen LogP) is 2.32. The van der Waals surface area contributed by atoms with Crippen molar-refractivity contribution in [3.8, 4) is 0 Å². The summed E-state index contributed by atoms with van der Waals surface area (Å²) in [5.74, 6) is -1.82. The fourth-order valence-electron chi connectivity index (χ4n) is 2.97. The molecule has 0 aliphatic heterocycles. The Bertz CT molecular complexity index is 502. The minimum absolute atomic E-state index is 0.0350. The molecule has 0 radical (unpaired) electrons. The maximum Gasteiger partial charge on any atom is 0.307 e. The van der Waals surface area contributed by atoms with Crippen LogP contribution in [0, 0.1) is 11.8 Å². The fraction of sp³-hybridized carbons (Fsp3) is 0.562. The third kappa shape index (κ3) is 3.60. The summed E-state index contributed by atoms with van der Waals surface area (Å²) in [6, 6.07) is 3.81. The molecule has 1 amide bonds. The lowest BCUT2D eigenvalue weighted by Gasteiger charge is -2.30. The molecule has 1 saturated carbocycles. The second kappa shape index (κ2) is 6.70. The highest BCUT2D eigenvalue weighted by Crippen LogP contribution is 2.34. The molecule has 1 aliphatic rings. The number of aliphatic carboxylic acids is 1. The summed E-state index contributed by atoms with van der Waals surface area (Å²) in [7, 11) is 0. The van der Waals surface area contributed by atoms with Crippen LogP contribution in [0.2, 0.25) is 0 Å². The van der Waals surface area contributed by atoms with Gasteiger partial charge in [0.2, 0.25) is 5.91 Å². The SMILES string of the molecule is CC(C)N(Cc1cccnc1)C(=O)[C@@H]1CCC[C@@H]1C(=O)O. The molecule has 5 heteroatoms. The molecule has 1 aromatic heterocycles. The van der Waals surface area contributed by atoms with E-state index in [4.69, 9.17) is 0 Å². The van der Waals surface area contributed by atoms with Gasteiger partial charge in [0.25, 0.3) is 0 Å². The van der Waals surface area contributed by atoms with Gasteiger partial charge in [-0.2, -0.15) is 0 Å². The highest BCUT2D eigenvalue weighted by Gasteiger charge is 2.40. The lowest BCUT2D eigenvalue weighted by atomic mass is 9.94. The van der Waals surface area contributed by atoms with Crippen LogP contribution in [0.25, 0.3) is 0 Å². The number of rotatable bonds is 5. The van der Waals surface area contributed by atoms with E-state index in [1.807, 2.05) is 26.0 Å². The van der Waals surface area contributed by atoms with Gasteiger partial charge < -0.3 is 10.0 Å². The molecule has 1 heterocycles. The van der Waals surface area contributed by atoms with E-state index < -0.39 is 11.9 Å². The summed E-state index contributed by atoms with van der Waals surface area (Å²) < 4.78 is 0. The summed E-state index contributed by atoms with van der Waals surface area (Å²) in [4.78, 5) is 29.9. The first-order valence-corrected chi connectivity index (χ1v) is 7.43. The van der Waals surface area contributed by atoms with Gasteiger partial charge in [0.15, 0.2) is 0 Å². The van der Waals surface area contributed by atoms with Gasteiger partial charge in [-0.05, 0) is 38.3 Å². The minimum Gasteiger partial charge on any atom is -0.481 e. The summed E-state index contributed by atoms with van der Waals surface area (Å²) in [6.07, 6.45) is 5.53. The summed E-state index contributed by atoms with van der Waals surface area (Å²) in [6.45, 7) is 4.39. The first-order valence-electron chi connectivity index (χ1n) is 7.43. The number of hydrogen-bond donors (Lipinski definition) is 1. The van der Waals surface area contributed by atoms with Gasteiger partial charge in [-0.15, -0.1) is 0 Å². The van der Waals surface area contributed by atoms with Crippen LogP contribution in [0.3, 0.4) is 0 Å². The largest absolute Gasteiger partial charge is 0.481 e. The summed E-state index contributed by atoms with van der Waals surface area (Å²) in [5.41, 5.74) is 0.962. The van der Waals surface area contributed by atoms with Crippen LogP contribution in [-0.4, -0.2) is 32.9 Å². The van der Waals surface area contributed by atoms with Crippen molar-refractivity contribution < 1.29 is 14.7 Å². The predicted molar refractivity (Wildman–Crippen MR) is 78.4 cm³/mol. The van der Waals surface area contributed by atoms with Gasteiger partial charge in [0.05, 0.1) is 11.8 Å². The second-order valence-electron chi connectivity index (χ2n) is 5.90. The molecule has 0 saturated heterocycles. The number of carboxylic acid groups (broad SMARTS) is 1. The maximum absolute atomic E-state index is 12.7. The average molecular weight is 290 g/mol. The molecule has 1 aromatic rings. The van der Waals surface area contributed by atoms with Crippen molar-refractivity contribution in [3.63, 3.8) is 0 Å². The molecule has 21 heavy (non-hydrogen) atoms. The highest BCUT2D eigenvalue weighted by molar-refractivity contribution is 5.85. The first-order chi connectivity index (χ1) is 10.0. The molecular weight excluding hydrogens is 268 g/mol. The Labute approximate surface area is 125 Å². The van der Waals surface area contributed by atoms with E-state index in [0.717, 1.165) is 12.0 Å². The number of pyridine rings is 1. The van der Waals surface area contributed by atoms with Crippen molar-refractivity contribution in [1.82, 2.24) is 9.88 Å². The van der Waals surface area contributed by atoms with Crippen molar-refractivity contribution in [1.29, 1.82) is 0 Å². The number of carbonyl (C=O) groups excluding carboxylic acids is 1. The lowest BCUT2D eigenvalue weighted by Crippen LogP contribution is -2.42. The van der Waals surface area contributed by atoms with Crippen LogP contribution in [0.5, 0.6) is 0 Å². The van der Waals surface area contributed by atoms with E-state index in [-0.39, 0.29) is 17.9 Å². The average Bonchev–Trinajstić information content (AvgIpc) is 2.94. The van der Waals surface area contributed by atoms with Crippen molar-refractivity contribution >= 4 is 11.9 Å². The van der Waals surface area contributed by atoms with Gasteiger partial charge in [0, 0.05) is 25.0 Å². The molecule has 0 aromatic carbocycles. The van der Waals surface area contributed by atoms with Crippen LogP contribution >= 0.6 is 0 Å². The zero-order valence-corrected chi connectivity index (χ0v) is 12.5. The molecule has 1 fully saturated rings. The number of aromatic nitrogens is 1. The number of carboxylic acids is 1. The van der Waals surface area contributed by atoms with Crippen LogP contribution in [0.15, 0.2) is 24.5 Å². The number of hydrogen-bond acceptors (Lipinski definition) is 3. The van der Waals surface area contributed by atoms with Crippen LogP contribution in [0.1, 0.15) is 38.7 Å². The highest BCUT2D eigenvalue weighted by atomic mass is 16.4. The molecule has 1 N–H and O–H groups in total. The van der Waals surface area contributed by atoms with E-state index in [0.29, 0.717) is 19.4 Å². The minimum atomic E-state index is -0.851. The molecule has 5 nitrogen and oxygen atoms in total. The third-order valence-corrected chi connectivity index (χ3v) is 4.13. The van der Waals surface area contributed by atoms with Crippen molar-refractivity contribution in [3.05, 3.63) is 30.1 Å². The molecule has 2 rings (SSSR count). The molecule has 2 atom stereocenters. The first kappa shape index (κ1) is 15.5. The van der Waals surface area contributed by atoms with E-state index >= 15 is 0 Å². The number of amides is 1. The summed E-state index contributed by atoms with van der Waals surface area (Å²) in [5, 5.41) is 9.26. The second-order valence-corrected chi connectivity index (χ2v) is 5.90. The van der Waals surface area contributed by atoms with Gasteiger partial charge in [-0.1, -0.05) is 12.5 Å². The topological polar surface area (TPSA) is 70.5 Å². The van der Waals surface area contributed by atoms with Crippen molar-refractivity contribution in [2.24, 2.45) is 11.8 Å². The number of carbonyl (C=O) groups is 2. The van der Waals surface area contributed by atoms with Crippen LogP contribution in [-0.2, 0) is 16.1 Å². The Morgan fingerprint density at radius 1 is 1.38 bits per heavy atom. The fourth-order valence-corrected chi connectivity index (χ4v) is 2.97. The number of nitrogens with zero attached hydrogens (tertiary/aromatic N) is 2. The Morgan fingerprint density at radius 2 is 2.10 bits per heavy atom. The van der Waals surface area contributed by atoms with Crippen LogP contribution in [0.4, 0.5) is 0 Å². The van der Waals surface area contributed by atoms with Gasteiger partial charge in [-0.3, -0.25) is 14.6 Å². The Kier molecular flexibility index (Phi) is 4.94.